The van der Waals surface area contributed by atoms with E-state index in [1.165, 1.54) is 12.8 Å². The van der Waals surface area contributed by atoms with Gasteiger partial charge in [-0.05, 0) is 46.2 Å². The molecular weight excluding hydrogens is 226 g/mol. The fourth-order valence-corrected chi connectivity index (χ4v) is 3.03. The fourth-order valence-electron chi connectivity index (χ4n) is 3.03. The lowest BCUT2D eigenvalue weighted by molar-refractivity contribution is -0.122. The first kappa shape index (κ1) is 13.8. The molecule has 2 aliphatic heterocycles. The number of carbonyl (C=O) groups excluding carboxylic acids is 1. The van der Waals surface area contributed by atoms with Gasteiger partial charge < -0.3 is 15.5 Å². The lowest BCUT2D eigenvalue weighted by atomic mass is 9.97. The minimum Gasteiger partial charge on any atom is -0.353 e. The summed E-state index contributed by atoms with van der Waals surface area (Å²) in [6.45, 7) is 4.40. The van der Waals surface area contributed by atoms with Crippen molar-refractivity contribution in [2.75, 3.05) is 20.1 Å². The zero-order valence-corrected chi connectivity index (χ0v) is 11.7. The van der Waals surface area contributed by atoms with Crippen LogP contribution < -0.4 is 10.6 Å². The number of carbonyl (C=O) groups is 1. The highest BCUT2D eigenvalue weighted by Gasteiger charge is 2.25. The number of hydrogen-bond donors (Lipinski definition) is 2. The van der Waals surface area contributed by atoms with Crippen LogP contribution in [0.2, 0.25) is 0 Å². The van der Waals surface area contributed by atoms with E-state index < -0.39 is 0 Å². The van der Waals surface area contributed by atoms with Crippen molar-refractivity contribution < 1.29 is 4.79 Å². The number of rotatable bonds is 3. The average molecular weight is 253 g/mol. The van der Waals surface area contributed by atoms with Gasteiger partial charge in [0.25, 0.3) is 0 Å². The van der Waals surface area contributed by atoms with E-state index in [0.29, 0.717) is 24.5 Å². The molecule has 0 aromatic carbocycles. The van der Waals surface area contributed by atoms with E-state index in [0.717, 1.165) is 32.4 Å². The van der Waals surface area contributed by atoms with Crippen molar-refractivity contribution >= 4 is 5.91 Å². The molecule has 0 spiro atoms. The molecule has 1 amide bonds. The Morgan fingerprint density at radius 1 is 1.39 bits per heavy atom. The molecule has 0 aromatic heterocycles. The van der Waals surface area contributed by atoms with Crippen molar-refractivity contribution in [3.05, 3.63) is 0 Å². The van der Waals surface area contributed by atoms with Crippen molar-refractivity contribution in [1.82, 2.24) is 15.5 Å². The van der Waals surface area contributed by atoms with Gasteiger partial charge in [-0.15, -0.1) is 0 Å². The van der Waals surface area contributed by atoms with Gasteiger partial charge >= 0.3 is 0 Å². The molecule has 2 N–H and O–H groups in total. The largest absolute Gasteiger partial charge is 0.353 e. The molecule has 104 valence electrons. The topological polar surface area (TPSA) is 44.4 Å². The highest BCUT2D eigenvalue weighted by molar-refractivity contribution is 5.76. The Labute approximate surface area is 110 Å². The monoisotopic (exact) mass is 253 g/mol. The van der Waals surface area contributed by atoms with Gasteiger partial charge in [0, 0.05) is 31.1 Å². The van der Waals surface area contributed by atoms with Gasteiger partial charge in [-0.25, -0.2) is 0 Å². The molecular formula is C14H27N3O. The van der Waals surface area contributed by atoms with Gasteiger partial charge in [0.2, 0.25) is 5.91 Å². The molecule has 2 rings (SSSR count). The molecule has 4 heteroatoms. The Morgan fingerprint density at radius 3 is 2.89 bits per heavy atom. The van der Waals surface area contributed by atoms with Crippen LogP contribution in [0.4, 0.5) is 0 Å². The van der Waals surface area contributed by atoms with Gasteiger partial charge in [0.15, 0.2) is 0 Å². The minimum absolute atomic E-state index is 0.233. The minimum atomic E-state index is 0.233. The van der Waals surface area contributed by atoms with Crippen molar-refractivity contribution in [1.29, 1.82) is 0 Å². The van der Waals surface area contributed by atoms with Crippen molar-refractivity contribution in [2.24, 2.45) is 0 Å². The SMILES string of the molecule is CC1CC(NC(=O)CC2CCCCN2)CCN1C. The zero-order chi connectivity index (χ0) is 13.0. The zero-order valence-electron chi connectivity index (χ0n) is 11.7. The molecule has 3 atom stereocenters. The Hall–Kier alpha value is -0.610. The van der Waals surface area contributed by atoms with E-state index in [1.807, 2.05) is 0 Å². The van der Waals surface area contributed by atoms with Crippen LogP contribution in [0.3, 0.4) is 0 Å². The van der Waals surface area contributed by atoms with Gasteiger partial charge in [0.1, 0.15) is 0 Å². The van der Waals surface area contributed by atoms with Crippen molar-refractivity contribution in [2.45, 2.75) is 63.6 Å². The summed E-state index contributed by atoms with van der Waals surface area (Å²) in [5.41, 5.74) is 0. The van der Waals surface area contributed by atoms with Crippen LogP contribution in [-0.2, 0) is 4.79 Å². The summed E-state index contributed by atoms with van der Waals surface area (Å²) < 4.78 is 0. The second-order valence-corrected chi connectivity index (χ2v) is 5.97. The smallest absolute Gasteiger partial charge is 0.221 e. The Morgan fingerprint density at radius 2 is 2.22 bits per heavy atom. The maximum absolute atomic E-state index is 12.0. The molecule has 3 unspecified atom stereocenters. The highest BCUT2D eigenvalue weighted by atomic mass is 16.1. The predicted molar refractivity (Wildman–Crippen MR) is 73.5 cm³/mol. The third kappa shape index (κ3) is 3.95. The molecule has 2 heterocycles. The van der Waals surface area contributed by atoms with E-state index in [4.69, 9.17) is 0 Å². The van der Waals surface area contributed by atoms with E-state index in [-0.39, 0.29) is 5.91 Å². The van der Waals surface area contributed by atoms with Crippen LogP contribution in [0.15, 0.2) is 0 Å². The van der Waals surface area contributed by atoms with Crippen molar-refractivity contribution in [3.8, 4) is 0 Å². The van der Waals surface area contributed by atoms with Gasteiger partial charge in [-0.2, -0.15) is 0 Å². The van der Waals surface area contributed by atoms with Crippen LogP contribution >= 0.6 is 0 Å². The predicted octanol–water partition coefficient (Wildman–Crippen LogP) is 1.12. The number of amides is 1. The highest BCUT2D eigenvalue weighted by Crippen LogP contribution is 2.16. The van der Waals surface area contributed by atoms with Crippen LogP contribution in [0.5, 0.6) is 0 Å². The first-order chi connectivity index (χ1) is 8.65. The number of hydrogen-bond acceptors (Lipinski definition) is 3. The summed E-state index contributed by atoms with van der Waals surface area (Å²) in [6.07, 6.45) is 6.49. The van der Waals surface area contributed by atoms with E-state index >= 15 is 0 Å². The first-order valence-corrected chi connectivity index (χ1v) is 7.38. The molecule has 0 aliphatic carbocycles. The summed E-state index contributed by atoms with van der Waals surface area (Å²) in [5, 5.41) is 6.65. The van der Waals surface area contributed by atoms with Crippen LogP contribution in [-0.4, -0.2) is 49.1 Å². The maximum Gasteiger partial charge on any atom is 0.221 e. The quantitative estimate of drug-likeness (QED) is 0.792. The molecule has 0 radical (unpaired) electrons. The molecule has 0 bridgehead atoms. The molecule has 0 saturated carbocycles. The van der Waals surface area contributed by atoms with Crippen LogP contribution in [0.25, 0.3) is 0 Å². The molecule has 0 aromatic rings. The van der Waals surface area contributed by atoms with Gasteiger partial charge in [0.05, 0.1) is 0 Å². The average Bonchev–Trinajstić information content (AvgIpc) is 2.35. The van der Waals surface area contributed by atoms with Gasteiger partial charge in [-0.1, -0.05) is 6.42 Å². The number of nitrogens with one attached hydrogen (secondary N) is 2. The lowest BCUT2D eigenvalue weighted by Gasteiger charge is -2.35. The number of piperidine rings is 2. The second-order valence-electron chi connectivity index (χ2n) is 5.97. The van der Waals surface area contributed by atoms with Crippen molar-refractivity contribution in [3.63, 3.8) is 0 Å². The summed E-state index contributed by atoms with van der Waals surface area (Å²) in [5.74, 6) is 0.233. The van der Waals surface area contributed by atoms with E-state index in [2.05, 4.69) is 29.5 Å². The number of nitrogens with zero attached hydrogens (tertiary/aromatic N) is 1. The van der Waals surface area contributed by atoms with Crippen LogP contribution in [0, 0.1) is 0 Å². The summed E-state index contributed by atoms with van der Waals surface area (Å²) >= 11 is 0. The van der Waals surface area contributed by atoms with Crippen LogP contribution in [0.1, 0.15) is 45.4 Å². The molecule has 18 heavy (non-hydrogen) atoms. The van der Waals surface area contributed by atoms with E-state index in [1.54, 1.807) is 0 Å². The third-order valence-corrected chi connectivity index (χ3v) is 4.42. The standard InChI is InChI=1S/C14H27N3O/c1-11-9-13(6-8-17(11)2)16-14(18)10-12-5-3-4-7-15-12/h11-13,15H,3-10H2,1-2H3,(H,16,18). The molecule has 2 fully saturated rings. The number of likely N-dealkylation sites (tertiary alicyclic amines) is 1. The lowest BCUT2D eigenvalue weighted by Crippen LogP contribution is -2.48. The summed E-state index contributed by atoms with van der Waals surface area (Å²) in [4.78, 5) is 14.4. The molecule has 2 aliphatic rings. The summed E-state index contributed by atoms with van der Waals surface area (Å²) in [7, 11) is 2.16. The van der Waals surface area contributed by atoms with Gasteiger partial charge in [-0.3, -0.25) is 4.79 Å². The first-order valence-electron chi connectivity index (χ1n) is 7.38. The Bertz CT molecular complexity index is 276. The summed E-state index contributed by atoms with van der Waals surface area (Å²) in [6, 6.07) is 1.37. The Balaban J connectivity index is 1.70. The Kier molecular flexibility index (Phi) is 5.01. The molecule has 4 nitrogen and oxygen atoms in total. The van der Waals surface area contributed by atoms with E-state index in [9.17, 15) is 4.79 Å². The maximum atomic E-state index is 12.0. The molecule has 2 saturated heterocycles. The fraction of sp³-hybridized carbons (Fsp3) is 0.929. The third-order valence-electron chi connectivity index (χ3n) is 4.42. The normalized spacial score (nSPS) is 34.2. The second kappa shape index (κ2) is 6.53.